The molecule has 0 aromatic carbocycles. The number of aldehydes is 1. The molecule has 4 saturated carbocycles. The lowest BCUT2D eigenvalue weighted by atomic mass is 9.56. The van der Waals surface area contributed by atoms with Gasteiger partial charge in [0.05, 0.1) is 11.2 Å². The van der Waals surface area contributed by atoms with Gasteiger partial charge in [-0.05, 0) is 186 Å². The Kier molecular flexibility index (Phi) is 20.1. The second kappa shape index (κ2) is 21.6. The molecule has 0 saturated heterocycles. The van der Waals surface area contributed by atoms with Crippen LogP contribution in [0.2, 0.25) is 36.3 Å². The van der Waals surface area contributed by atoms with Crippen molar-refractivity contribution in [2.24, 2.45) is 45.3 Å². The first kappa shape index (κ1) is 57.6. The van der Waals surface area contributed by atoms with E-state index in [4.69, 9.17) is 20.4 Å². The minimum Gasteiger partial charge on any atom is -0.414 e. The van der Waals surface area contributed by atoms with Crippen LogP contribution in [0, 0.1) is 57.7 Å². The topological polar surface area (TPSA) is 96.2 Å². The van der Waals surface area contributed by atoms with Crippen LogP contribution in [0.1, 0.15) is 213 Å². The van der Waals surface area contributed by atoms with Gasteiger partial charge in [0, 0.05) is 32.2 Å². The Labute approximate surface area is 387 Å². The second-order valence-electron chi connectivity index (χ2n) is 26.5. The summed E-state index contributed by atoms with van der Waals surface area (Å²) in [6.07, 6.45) is 27.6. The lowest BCUT2D eigenvalue weighted by Gasteiger charge is -2.52. The summed E-state index contributed by atoms with van der Waals surface area (Å²) in [5.74, 6) is 5.52. The molecule has 4 rings (SSSR count). The third-order valence-corrected chi connectivity index (χ3v) is 27.4. The maximum Gasteiger partial charge on any atom is 0.192 e. The number of hydrogen-bond donors (Lipinski definition) is 3. The number of aliphatic hydroxyl groups excluding tert-OH is 1. The molecule has 0 radical (unpaired) electrons. The normalized spacial score (nSPS) is 31.5. The smallest absolute Gasteiger partial charge is 0.192 e. The first-order valence-electron chi connectivity index (χ1n) is 25.2. The van der Waals surface area contributed by atoms with E-state index >= 15 is 0 Å². The highest BCUT2D eigenvalue weighted by Crippen LogP contribution is 2.65. The van der Waals surface area contributed by atoms with Crippen LogP contribution in [0.3, 0.4) is 0 Å². The molecule has 364 valence electrons. The third kappa shape index (κ3) is 14.2. The van der Waals surface area contributed by atoms with Gasteiger partial charge in [-0.1, -0.05) is 94.9 Å². The van der Waals surface area contributed by atoms with Crippen molar-refractivity contribution in [3.63, 3.8) is 0 Å². The fourth-order valence-electron chi connectivity index (χ4n) is 13.0. The van der Waals surface area contributed by atoms with Crippen LogP contribution in [0.5, 0.6) is 0 Å². The SMILES string of the molecule is C#CC[C@@](C)(CCCC(C)(C)O)[C@H]1CCC2[C@@H](O[Si](C)(C)C(C)(C)C)CCC[C@@]21C.CC(C)(O)CCC[C@](C)(CC=O)[C@H]1CCC2[C@@H](O[Si](C)(C)C(C)(C)C)CCC[C@@]21C.CO. The summed E-state index contributed by atoms with van der Waals surface area (Å²) < 4.78 is 14.0. The number of hydrogen-bond acceptors (Lipinski definition) is 6. The summed E-state index contributed by atoms with van der Waals surface area (Å²) >= 11 is 0. The number of carbonyl (C=O) groups is 1. The van der Waals surface area contributed by atoms with E-state index in [0.717, 1.165) is 58.3 Å². The van der Waals surface area contributed by atoms with Crippen molar-refractivity contribution >= 4 is 22.9 Å². The molecule has 0 aromatic rings. The second-order valence-corrected chi connectivity index (χ2v) is 36.0. The molecule has 0 amide bonds. The summed E-state index contributed by atoms with van der Waals surface area (Å²) in [4.78, 5) is 11.7. The highest BCUT2D eigenvalue weighted by molar-refractivity contribution is 6.74. The van der Waals surface area contributed by atoms with Crippen molar-refractivity contribution in [3.05, 3.63) is 0 Å². The molecule has 62 heavy (non-hydrogen) atoms. The van der Waals surface area contributed by atoms with Crippen LogP contribution in [0.4, 0.5) is 0 Å². The van der Waals surface area contributed by atoms with E-state index in [0.29, 0.717) is 47.7 Å². The predicted octanol–water partition coefficient (Wildman–Crippen LogP) is 14.3. The van der Waals surface area contributed by atoms with Gasteiger partial charge in [0.25, 0.3) is 0 Å². The van der Waals surface area contributed by atoms with E-state index in [1.165, 1.54) is 64.2 Å². The molecule has 2 unspecified atom stereocenters. The number of aliphatic hydroxyl groups is 3. The van der Waals surface area contributed by atoms with Gasteiger partial charge in [0.1, 0.15) is 6.29 Å². The van der Waals surface area contributed by atoms with Gasteiger partial charge >= 0.3 is 0 Å². The zero-order valence-electron chi connectivity index (χ0n) is 44.4. The molecular formula is C54H104O6Si2. The van der Waals surface area contributed by atoms with E-state index in [1.54, 1.807) is 0 Å². The molecule has 0 aliphatic heterocycles. The average molecular weight is 906 g/mol. The van der Waals surface area contributed by atoms with Gasteiger partial charge in [-0.3, -0.25) is 0 Å². The van der Waals surface area contributed by atoms with Crippen molar-refractivity contribution in [3.8, 4) is 12.3 Å². The van der Waals surface area contributed by atoms with Gasteiger partial charge in [-0.15, -0.1) is 12.3 Å². The molecule has 0 heterocycles. The van der Waals surface area contributed by atoms with Gasteiger partial charge in [-0.2, -0.15) is 0 Å². The minimum absolute atomic E-state index is 0.0232. The van der Waals surface area contributed by atoms with Crippen LogP contribution < -0.4 is 0 Å². The fourth-order valence-corrected chi connectivity index (χ4v) is 15.8. The van der Waals surface area contributed by atoms with Crippen molar-refractivity contribution in [2.75, 3.05) is 7.11 Å². The van der Waals surface area contributed by atoms with Gasteiger partial charge in [-0.25, -0.2) is 0 Å². The Morgan fingerprint density at radius 1 is 0.613 bits per heavy atom. The molecule has 6 nitrogen and oxygen atoms in total. The van der Waals surface area contributed by atoms with Crippen molar-refractivity contribution in [2.45, 2.75) is 272 Å². The zero-order chi connectivity index (χ0) is 48.0. The molecule has 8 heteroatoms. The predicted molar refractivity (Wildman–Crippen MR) is 269 cm³/mol. The molecule has 0 spiro atoms. The summed E-state index contributed by atoms with van der Waals surface area (Å²) in [6.45, 7) is 41.1. The number of carbonyl (C=O) groups excluding carboxylic acids is 1. The van der Waals surface area contributed by atoms with E-state index in [2.05, 4.69) is 101 Å². The van der Waals surface area contributed by atoms with Crippen LogP contribution in [-0.2, 0) is 13.6 Å². The maximum absolute atomic E-state index is 11.7. The van der Waals surface area contributed by atoms with E-state index in [-0.39, 0.29) is 26.3 Å². The molecule has 4 fully saturated rings. The van der Waals surface area contributed by atoms with Crippen molar-refractivity contribution < 1.29 is 29.0 Å². The number of terminal acetylenes is 1. The molecule has 4 aliphatic rings. The third-order valence-electron chi connectivity index (χ3n) is 18.4. The van der Waals surface area contributed by atoms with Gasteiger partial charge < -0.3 is 29.0 Å². The van der Waals surface area contributed by atoms with Crippen LogP contribution >= 0.6 is 0 Å². The Bertz CT molecular complexity index is 1430. The Balaban J connectivity index is 0.000000410. The molecule has 0 aromatic heterocycles. The van der Waals surface area contributed by atoms with Crippen molar-refractivity contribution in [1.82, 2.24) is 0 Å². The molecule has 10 atom stereocenters. The van der Waals surface area contributed by atoms with Gasteiger partial charge in [0.15, 0.2) is 16.6 Å². The van der Waals surface area contributed by atoms with Crippen LogP contribution in [0.15, 0.2) is 0 Å². The zero-order valence-corrected chi connectivity index (χ0v) is 46.4. The average Bonchev–Trinajstić information content (AvgIpc) is 3.66. The monoisotopic (exact) mass is 905 g/mol. The Morgan fingerprint density at radius 3 is 1.29 bits per heavy atom. The van der Waals surface area contributed by atoms with Crippen molar-refractivity contribution in [1.29, 1.82) is 0 Å². The number of fused-ring (bicyclic) bond motifs is 2. The lowest BCUT2D eigenvalue weighted by Crippen LogP contribution is -2.51. The largest absolute Gasteiger partial charge is 0.414 e. The molecule has 0 bridgehead atoms. The molecule has 3 N–H and O–H groups in total. The summed E-state index contributed by atoms with van der Waals surface area (Å²) in [5, 5.41) is 27.9. The van der Waals surface area contributed by atoms with E-state index in [1.807, 2.05) is 27.7 Å². The standard InChI is InChI=1S/C27H50O2Si.C26H50O3Si.CH4O/c1-11-17-26(7,19-13-18-25(5,6)28)23-16-15-21-22(14-12-20-27(21,23)8)29-30(9,10)24(2,3)4;1-23(2,3)30(8,9)29-21-12-10-17-26(7)20(21)13-14-22(26)25(6,18-19-27)16-11-15-24(4,5)28;1-2/h1,21-23,28H,12-20H2,2-10H3;19-22,28H,10-18H2,1-9H3;2H,1H3/t21?,22-,23+,26-,27-;20?,21-,22+,25+,26-;/m00./s1. The fraction of sp³-hybridized carbons (Fsp3) is 0.944. The molecular weight excluding hydrogens is 801 g/mol. The summed E-state index contributed by atoms with van der Waals surface area (Å²) in [5.41, 5.74) is -0.454. The quantitative estimate of drug-likeness (QED) is 0.0764. The Hall–Kier alpha value is -0.536. The van der Waals surface area contributed by atoms with Crippen LogP contribution in [0.25, 0.3) is 0 Å². The molecule has 4 aliphatic carbocycles. The maximum atomic E-state index is 11.7. The number of rotatable bonds is 17. The lowest BCUT2D eigenvalue weighted by molar-refractivity contribution is -0.112. The van der Waals surface area contributed by atoms with Gasteiger partial charge in [0.2, 0.25) is 0 Å². The highest BCUT2D eigenvalue weighted by Gasteiger charge is 2.59. The first-order valence-corrected chi connectivity index (χ1v) is 31.1. The Morgan fingerprint density at radius 2 is 0.968 bits per heavy atom. The first-order chi connectivity index (χ1) is 28.1. The minimum atomic E-state index is -1.79. The van der Waals surface area contributed by atoms with E-state index < -0.39 is 27.8 Å². The van der Waals surface area contributed by atoms with E-state index in [9.17, 15) is 15.0 Å². The van der Waals surface area contributed by atoms with Crippen LogP contribution in [-0.4, -0.2) is 68.8 Å². The highest BCUT2D eigenvalue weighted by atomic mass is 28.4. The summed E-state index contributed by atoms with van der Waals surface area (Å²) in [7, 11) is -2.56. The summed E-state index contributed by atoms with van der Waals surface area (Å²) in [6, 6.07) is 0.